The molecule has 0 radical (unpaired) electrons. The summed E-state index contributed by atoms with van der Waals surface area (Å²) in [5, 5.41) is 2.59. The second-order valence-electron chi connectivity index (χ2n) is 3.94. The van der Waals surface area contributed by atoms with Crippen molar-refractivity contribution in [2.24, 2.45) is 0 Å². The first-order chi connectivity index (χ1) is 7.89. The fraction of sp³-hybridized carbons (Fsp3) is 0.818. The third-order valence-electron chi connectivity index (χ3n) is 2.49. The number of methoxy groups -OCH3 is 3. The van der Waals surface area contributed by atoms with Crippen LogP contribution in [0.3, 0.4) is 0 Å². The number of carbonyl (C=O) groups is 2. The maximum absolute atomic E-state index is 11.6. The Bertz CT molecular complexity index is 265. The maximum atomic E-state index is 11.6. The van der Waals surface area contributed by atoms with Gasteiger partial charge in [-0.2, -0.15) is 0 Å². The third-order valence-corrected chi connectivity index (χ3v) is 2.49. The number of hydrogen-bond acceptors (Lipinski definition) is 5. The van der Waals surface area contributed by atoms with Gasteiger partial charge in [0.05, 0.1) is 7.11 Å². The first kappa shape index (κ1) is 15.9. The normalized spacial score (nSPS) is 14.2. The summed E-state index contributed by atoms with van der Waals surface area (Å²) in [6.07, 6.45) is 0.428. The zero-order valence-electron chi connectivity index (χ0n) is 11.0. The SMILES string of the molecule is COC(=O)C(C)(CCC(OC)OC)NC(C)=O. The second-order valence-corrected chi connectivity index (χ2v) is 3.94. The van der Waals surface area contributed by atoms with E-state index in [0.29, 0.717) is 12.8 Å². The van der Waals surface area contributed by atoms with E-state index in [1.54, 1.807) is 6.92 Å². The van der Waals surface area contributed by atoms with Gasteiger partial charge in [0.15, 0.2) is 6.29 Å². The number of amides is 1. The highest BCUT2D eigenvalue weighted by molar-refractivity contribution is 5.86. The van der Waals surface area contributed by atoms with E-state index in [1.165, 1.54) is 28.3 Å². The monoisotopic (exact) mass is 247 g/mol. The van der Waals surface area contributed by atoms with Crippen LogP contribution >= 0.6 is 0 Å². The van der Waals surface area contributed by atoms with Crippen LogP contribution in [0, 0.1) is 0 Å². The highest BCUT2D eigenvalue weighted by Gasteiger charge is 2.35. The van der Waals surface area contributed by atoms with Crippen molar-refractivity contribution in [3.8, 4) is 0 Å². The predicted molar refractivity (Wildman–Crippen MR) is 61.3 cm³/mol. The van der Waals surface area contributed by atoms with E-state index >= 15 is 0 Å². The summed E-state index contributed by atoms with van der Waals surface area (Å²) in [4.78, 5) is 22.7. The van der Waals surface area contributed by atoms with Crippen LogP contribution in [-0.2, 0) is 23.8 Å². The molecule has 6 heteroatoms. The van der Waals surface area contributed by atoms with E-state index in [1.807, 2.05) is 0 Å². The number of rotatable bonds is 7. The van der Waals surface area contributed by atoms with Gasteiger partial charge >= 0.3 is 5.97 Å². The Morgan fingerprint density at radius 1 is 1.24 bits per heavy atom. The van der Waals surface area contributed by atoms with Crippen LogP contribution in [0.15, 0.2) is 0 Å². The molecule has 0 heterocycles. The van der Waals surface area contributed by atoms with Crippen LogP contribution in [0.25, 0.3) is 0 Å². The second kappa shape index (κ2) is 7.24. The summed E-state index contributed by atoms with van der Waals surface area (Å²) in [7, 11) is 4.32. The van der Waals surface area contributed by atoms with Gasteiger partial charge in [0.2, 0.25) is 5.91 Å². The molecule has 0 aromatic heterocycles. The molecule has 0 saturated carbocycles. The van der Waals surface area contributed by atoms with Crippen molar-refractivity contribution < 1.29 is 23.8 Å². The van der Waals surface area contributed by atoms with E-state index in [0.717, 1.165) is 0 Å². The molecule has 0 saturated heterocycles. The van der Waals surface area contributed by atoms with Crippen molar-refractivity contribution in [2.75, 3.05) is 21.3 Å². The molecule has 0 aliphatic heterocycles. The standard InChI is InChI=1S/C11H21NO5/c1-8(13)12-11(2,10(14)17-5)7-6-9(15-3)16-4/h9H,6-7H2,1-5H3,(H,12,13). The van der Waals surface area contributed by atoms with E-state index in [4.69, 9.17) is 9.47 Å². The third kappa shape index (κ3) is 5.14. The topological polar surface area (TPSA) is 73.9 Å². The Balaban J connectivity index is 4.59. The van der Waals surface area contributed by atoms with E-state index in [9.17, 15) is 9.59 Å². The average molecular weight is 247 g/mol. The van der Waals surface area contributed by atoms with E-state index in [2.05, 4.69) is 10.1 Å². The molecule has 6 nitrogen and oxygen atoms in total. The van der Waals surface area contributed by atoms with Gasteiger partial charge in [-0.05, 0) is 13.3 Å². The highest BCUT2D eigenvalue weighted by atomic mass is 16.7. The molecule has 0 fully saturated rings. The van der Waals surface area contributed by atoms with Crippen LogP contribution < -0.4 is 5.32 Å². The minimum absolute atomic E-state index is 0.288. The Hall–Kier alpha value is -1.14. The first-order valence-corrected chi connectivity index (χ1v) is 5.32. The van der Waals surface area contributed by atoms with Crippen molar-refractivity contribution >= 4 is 11.9 Å². The van der Waals surface area contributed by atoms with Gasteiger partial charge in [-0.25, -0.2) is 4.79 Å². The molecule has 17 heavy (non-hydrogen) atoms. The quantitative estimate of drug-likeness (QED) is 0.522. The molecule has 1 N–H and O–H groups in total. The smallest absolute Gasteiger partial charge is 0.331 e. The maximum Gasteiger partial charge on any atom is 0.331 e. The fourth-order valence-corrected chi connectivity index (χ4v) is 1.57. The molecular weight excluding hydrogens is 226 g/mol. The molecule has 0 rings (SSSR count). The molecule has 0 spiro atoms. The molecule has 1 amide bonds. The van der Waals surface area contributed by atoms with Crippen molar-refractivity contribution in [3.63, 3.8) is 0 Å². The molecule has 1 unspecified atom stereocenters. The van der Waals surface area contributed by atoms with Gasteiger partial charge in [0, 0.05) is 27.6 Å². The van der Waals surface area contributed by atoms with E-state index < -0.39 is 17.8 Å². The molecule has 1 atom stereocenters. The van der Waals surface area contributed by atoms with Gasteiger partial charge in [-0.1, -0.05) is 0 Å². The number of hydrogen-bond donors (Lipinski definition) is 1. The Labute approximate surface area is 102 Å². The summed E-state index contributed by atoms with van der Waals surface area (Å²) >= 11 is 0. The van der Waals surface area contributed by atoms with Gasteiger partial charge in [0.1, 0.15) is 5.54 Å². The van der Waals surface area contributed by atoms with Gasteiger partial charge < -0.3 is 19.5 Å². The van der Waals surface area contributed by atoms with Crippen LogP contribution in [-0.4, -0.2) is 45.0 Å². The molecular formula is C11H21NO5. The molecule has 100 valence electrons. The predicted octanol–water partition coefficient (Wildman–Crippen LogP) is 0.453. The highest BCUT2D eigenvalue weighted by Crippen LogP contribution is 2.17. The molecule has 0 aromatic rings. The lowest BCUT2D eigenvalue weighted by Crippen LogP contribution is -2.52. The zero-order chi connectivity index (χ0) is 13.5. The van der Waals surface area contributed by atoms with Gasteiger partial charge in [-0.3, -0.25) is 4.79 Å². The summed E-state index contributed by atoms with van der Waals surface area (Å²) in [5.41, 5.74) is -1.06. The minimum Gasteiger partial charge on any atom is -0.467 e. The largest absolute Gasteiger partial charge is 0.467 e. The van der Waals surface area contributed by atoms with Gasteiger partial charge in [-0.15, -0.1) is 0 Å². The summed E-state index contributed by atoms with van der Waals surface area (Å²) in [6, 6.07) is 0. The average Bonchev–Trinajstić information content (AvgIpc) is 2.28. The summed E-state index contributed by atoms with van der Waals surface area (Å²) in [5.74, 6) is -0.775. The van der Waals surface area contributed by atoms with Crippen LogP contribution in [0.1, 0.15) is 26.7 Å². The van der Waals surface area contributed by atoms with E-state index in [-0.39, 0.29) is 5.91 Å². The number of ether oxygens (including phenoxy) is 3. The molecule has 0 aromatic carbocycles. The summed E-state index contributed by atoms with van der Waals surface area (Å²) < 4.78 is 14.7. The Morgan fingerprint density at radius 3 is 2.12 bits per heavy atom. The van der Waals surface area contributed by atoms with Crippen LogP contribution in [0.5, 0.6) is 0 Å². The number of esters is 1. The number of carbonyl (C=O) groups excluding carboxylic acids is 2. The van der Waals surface area contributed by atoms with Crippen molar-refractivity contribution in [1.29, 1.82) is 0 Å². The summed E-state index contributed by atoms with van der Waals surface area (Å²) in [6.45, 7) is 2.97. The zero-order valence-corrected chi connectivity index (χ0v) is 11.0. The molecule has 0 bridgehead atoms. The minimum atomic E-state index is -1.06. The lowest BCUT2D eigenvalue weighted by atomic mass is 9.95. The fourth-order valence-electron chi connectivity index (χ4n) is 1.57. The molecule has 0 aliphatic rings. The lowest BCUT2D eigenvalue weighted by Gasteiger charge is -2.28. The van der Waals surface area contributed by atoms with Crippen LogP contribution in [0.2, 0.25) is 0 Å². The Kier molecular flexibility index (Phi) is 6.75. The van der Waals surface area contributed by atoms with Crippen molar-refractivity contribution in [2.45, 2.75) is 38.5 Å². The van der Waals surface area contributed by atoms with Crippen molar-refractivity contribution in [3.05, 3.63) is 0 Å². The number of nitrogens with one attached hydrogen (secondary N) is 1. The Morgan fingerprint density at radius 2 is 1.76 bits per heavy atom. The lowest BCUT2D eigenvalue weighted by molar-refractivity contribution is -0.152. The van der Waals surface area contributed by atoms with Crippen molar-refractivity contribution in [1.82, 2.24) is 5.32 Å². The van der Waals surface area contributed by atoms with Crippen LogP contribution in [0.4, 0.5) is 0 Å². The first-order valence-electron chi connectivity index (χ1n) is 5.32. The molecule has 0 aliphatic carbocycles. The van der Waals surface area contributed by atoms with Gasteiger partial charge in [0.25, 0.3) is 0 Å².